The van der Waals surface area contributed by atoms with E-state index in [1.54, 1.807) is 18.2 Å². The number of rotatable bonds is 4. The zero-order chi connectivity index (χ0) is 12.3. The van der Waals surface area contributed by atoms with Gasteiger partial charge in [0.1, 0.15) is 0 Å². The predicted molar refractivity (Wildman–Crippen MR) is 61.8 cm³/mol. The lowest BCUT2D eigenvalue weighted by atomic mass is 10.2. The van der Waals surface area contributed by atoms with E-state index >= 15 is 0 Å². The van der Waals surface area contributed by atoms with Crippen LogP contribution in [0.3, 0.4) is 0 Å². The molecule has 0 aliphatic carbocycles. The third-order valence-electron chi connectivity index (χ3n) is 2.27. The smallest absolute Gasteiger partial charge is 0.408 e. The molecule has 6 heteroatoms. The van der Waals surface area contributed by atoms with Crippen LogP contribution in [-0.4, -0.2) is 22.6 Å². The van der Waals surface area contributed by atoms with Gasteiger partial charge in [-0.2, -0.15) is 0 Å². The van der Waals surface area contributed by atoms with E-state index in [0.717, 1.165) is 0 Å². The lowest BCUT2D eigenvalue weighted by Crippen LogP contribution is -2.11. The number of aromatic amines is 1. The Morgan fingerprint density at radius 1 is 1.47 bits per heavy atom. The fourth-order valence-corrected chi connectivity index (χ4v) is 1.49. The number of H-pyrrole nitrogens is 1. The summed E-state index contributed by atoms with van der Waals surface area (Å²) in [5, 5.41) is 11.2. The highest BCUT2D eigenvalue weighted by atomic mass is 16.4. The minimum absolute atomic E-state index is 0.0147. The lowest BCUT2D eigenvalue weighted by Gasteiger charge is -2.03. The number of amides is 1. The first-order chi connectivity index (χ1) is 8.19. The molecule has 2 aromatic rings. The quantitative estimate of drug-likeness (QED) is 0.732. The van der Waals surface area contributed by atoms with Crippen molar-refractivity contribution in [3.8, 4) is 0 Å². The molecule has 0 saturated heterocycles. The summed E-state index contributed by atoms with van der Waals surface area (Å²) >= 11 is 0. The van der Waals surface area contributed by atoms with E-state index in [1.807, 2.05) is 0 Å². The van der Waals surface area contributed by atoms with Crippen molar-refractivity contribution in [2.24, 2.45) is 0 Å². The first-order valence-corrected chi connectivity index (χ1v) is 5.22. The number of nitrogens with one attached hydrogen (secondary N) is 2. The maximum atomic E-state index is 11.4. The van der Waals surface area contributed by atoms with Gasteiger partial charge in [0.15, 0.2) is 5.58 Å². The summed E-state index contributed by atoms with van der Waals surface area (Å²) in [6.45, 7) is -0.0147. The predicted octanol–water partition coefficient (Wildman–Crippen LogP) is 0.832. The van der Waals surface area contributed by atoms with Crippen molar-refractivity contribution in [3.05, 3.63) is 28.7 Å². The Labute approximate surface area is 96.3 Å². The monoisotopic (exact) mass is 236 g/mol. The van der Waals surface area contributed by atoms with Crippen LogP contribution in [0.25, 0.3) is 11.1 Å². The van der Waals surface area contributed by atoms with Crippen molar-refractivity contribution in [3.63, 3.8) is 0 Å². The molecule has 1 amide bonds. The fourth-order valence-electron chi connectivity index (χ4n) is 1.49. The van der Waals surface area contributed by atoms with E-state index in [2.05, 4.69) is 10.3 Å². The minimum atomic E-state index is -0.524. The molecule has 0 saturated carbocycles. The molecule has 90 valence electrons. The van der Waals surface area contributed by atoms with E-state index in [0.29, 0.717) is 23.2 Å². The Kier molecular flexibility index (Phi) is 3.24. The van der Waals surface area contributed by atoms with Gasteiger partial charge in [-0.3, -0.25) is 9.78 Å². The number of carbonyl (C=O) groups excluding carboxylic acids is 1. The molecule has 1 aromatic heterocycles. The molecule has 1 aromatic carbocycles. The molecule has 2 rings (SSSR count). The molecule has 0 aliphatic heterocycles. The van der Waals surface area contributed by atoms with Crippen LogP contribution in [0.5, 0.6) is 0 Å². The number of aromatic nitrogens is 1. The molecule has 1 heterocycles. The number of oxazole rings is 1. The summed E-state index contributed by atoms with van der Waals surface area (Å²) < 4.78 is 4.87. The van der Waals surface area contributed by atoms with Gasteiger partial charge in [-0.1, -0.05) is 0 Å². The van der Waals surface area contributed by atoms with Gasteiger partial charge >= 0.3 is 5.76 Å². The van der Waals surface area contributed by atoms with Gasteiger partial charge in [-0.25, -0.2) is 4.79 Å². The van der Waals surface area contributed by atoms with Gasteiger partial charge in [0.2, 0.25) is 5.91 Å². The largest absolute Gasteiger partial charge is 0.417 e. The van der Waals surface area contributed by atoms with Crippen molar-refractivity contribution in [1.82, 2.24) is 4.98 Å². The zero-order valence-corrected chi connectivity index (χ0v) is 9.03. The average molecular weight is 236 g/mol. The number of aliphatic hydroxyl groups is 1. The van der Waals surface area contributed by atoms with E-state index in [4.69, 9.17) is 9.52 Å². The normalized spacial score (nSPS) is 10.6. The highest BCUT2D eigenvalue weighted by molar-refractivity contribution is 5.92. The number of hydrogen-bond acceptors (Lipinski definition) is 4. The van der Waals surface area contributed by atoms with Crippen LogP contribution in [0, 0.1) is 0 Å². The van der Waals surface area contributed by atoms with E-state index in [-0.39, 0.29) is 18.9 Å². The van der Waals surface area contributed by atoms with Crippen LogP contribution < -0.4 is 11.1 Å². The van der Waals surface area contributed by atoms with E-state index < -0.39 is 5.76 Å². The summed E-state index contributed by atoms with van der Waals surface area (Å²) in [4.78, 5) is 24.8. The number of fused-ring (bicyclic) bond motifs is 1. The van der Waals surface area contributed by atoms with Gasteiger partial charge in [0, 0.05) is 24.8 Å². The van der Waals surface area contributed by atoms with Crippen LogP contribution in [0.1, 0.15) is 12.8 Å². The first kappa shape index (κ1) is 11.4. The number of aliphatic hydroxyl groups excluding tert-OH is 1. The standard InChI is InChI=1S/C11H12N2O4/c14-5-1-2-10(15)12-7-3-4-8-9(6-7)17-11(16)13-8/h3-4,6,14H,1-2,5H2,(H,12,15)(H,13,16). The molecule has 0 spiro atoms. The second-order valence-electron chi connectivity index (χ2n) is 3.60. The highest BCUT2D eigenvalue weighted by Gasteiger charge is 2.05. The number of carbonyl (C=O) groups is 1. The number of hydrogen-bond donors (Lipinski definition) is 3. The van der Waals surface area contributed by atoms with Crippen LogP contribution in [0.15, 0.2) is 27.4 Å². The summed E-state index contributed by atoms with van der Waals surface area (Å²) in [6.07, 6.45) is 0.680. The Balaban J connectivity index is 2.13. The van der Waals surface area contributed by atoms with Crippen molar-refractivity contribution in [2.45, 2.75) is 12.8 Å². The second kappa shape index (κ2) is 4.84. The van der Waals surface area contributed by atoms with Crippen molar-refractivity contribution >= 4 is 22.7 Å². The zero-order valence-electron chi connectivity index (χ0n) is 9.03. The fraction of sp³-hybridized carbons (Fsp3) is 0.273. The molecule has 17 heavy (non-hydrogen) atoms. The molecule has 0 fully saturated rings. The summed E-state index contributed by atoms with van der Waals surface area (Å²) in [5.74, 6) is -0.708. The lowest BCUT2D eigenvalue weighted by molar-refractivity contribution is -0.116. The summed E-state index contributed by atoms with van der Waals surface area (Å²) in [5.41, 5.74) is 1.54. The molecule has 0 unspecified atom stereocenters. The van der Waals surface area contributed by atoms with Gasteiger partial charge in [0.05, 0.1) is 5.52 Å². The number of anilines is 1. The van der Waals surface area contributed by atoms with Crippen molar-refractivity contribution in [1.29, 1.82) is 0 Å². The maximum Gasteiger partial charge on any atom is 0.417 e. The van der Waals surface area contributed by atoms with Crippen molar-refractivity contribution < 1.29 is 14.3 Å². The maximum absolute atomic E-state index is 11.4. The first-order valence-electron chi connectivity index (χ1n) is 5.22. The molecular formula is C11H12N2O4. The highest BCUT2D eigenvalue weighted by Crippen LogP contribution is 2.16. The average Bonchev–Trinajstić information content (AvgIpc) is 2.65. The second-order valence-corrected chi connectivity index (χ2v) is 3.60. The molecule has 6 nitrogen and oxygen atoms in total. The Hall–Kier alpha value is -2.08. The van der Waals surface area contributed by atoms with Crippen LogP contribution in [0.4, 0.5) is 5.69 Å². The van der Waals surface area contributed by atoms with Crippen LogP contribution in [-0.2, 0) is 4.79 Å². The van der Waals surface area contributed by atoms with Gasteiger partial charge < -0.3 is 14.8 Å². The topological polar surface area (TPSA) is 95.3 Å². The molecule has 0 bridgehead atoms. The Morgan fingerprint density at radius 3 is 3.06 bits per heavy atom. The number of benzene rings is 1. The van der Waals surface area contributed by atoms with Crippen LogP contribution >= 0.6 is 0 Å². The van der Waals surface area contributed by atoms with E-state index in [9.17, 15) is 9.59 Å². The molecule has 0 atom stereocenters. The van der Waals surface area contributed by atoms with Gasteiger partial charge in [0.25, 0.3) is 0 Å². The van der Waals surface area contributed by atoms with Gasteiger partial charge in [-0.05, 0) is 18.6 Å². The molecule has 0 aliphatic rings. The third kappa shape index (κ3) is 2.73. The Morgan fingerprint density at radius 2 is 2.29 bits per heavy atom. The Bertz CT molecular complexity index is 584. The molecular weight excluding hydrogens is 224 g/mol. The SMILES string of the molecule is O=C(CCCO)Nc1ccc2[nH]c(=O)oc2c1. The third-order valence-corrected chi connectivity index (χ3v) is 2.27. The molecule has 0 radical (unpaired) electrons. The van der Waals surface area contributed by atoms with Crippen molar-refractivity contribution in [2.75, 3.05) is 11.9 Å². The minimum Gasteiger partial charge on any atom is -0.408 e. The van der Waals surface area contributed by atoms with Gasteiger partial charge in [-0.15, -0.1) is 0 Å². The molecule has 3 N–H and O–H groups in total. The van der Waals surface area contributed by atoms with E-state index in [1.165, 1.54) is 0 Å². The summed E-state index contributed by atoms with van der Waals surface area (Å²) in [7, 11) is 0. The summed E-state index contributed by atoms with van der Waals surface area (Å²) in [6, 6.07) is 4.90. The van der Waals surface area contributed by atoms with Crippen LogP contribution in [0.2, 0.25) is 0 Å².